The van der Waals surface area contributed by atoms with Crippen molar-refractivity contribution in [3.05, 3.63) is 58.7 Å². The first-order chi connectivity index (χ1) is 12.1. The Morgan fingerprint density at radius 2 is 1.96 bits per heavy atom. The van der Waals surface area contributed by atoms with Crippen molar-refractivity contribution in [1.82, 2.24) is 9.61 Å². The second-order valence-electron chi connectivity index (χ2n) is 5.89. The molecule has 0 radical (unpaired) electrons. The molecule has 7 nitrogen and oxygen atoms in total. The Kier molecular flexibility index (Phi) is 3.72. The van der Waals surface area contributed by atoms with E-state index in [1.807, 2.05) is 12.3 Å². The van der Waals surface area contributed by atoms with Crippen LogP contribution in [0.2, 0.25) is 0 Å². The second-order valence-corrected chi connectivity index (χ2v) is 5.89. The summed E-state index contributed by atoms with van der Waals surface area (Å²) in [6.45, 7) is 1.91. The lowest BCUT2D eigenvalue weighted by atomic mass is 10.3. The number of hydrogen-bond donors (Lipinski definition) is 0. The van der Waals surface area contributed by atoms with E-state index in [0.29, 0.717) is 11.3 Å². The van der Waals surface area contributed by atoms with Gasteiger partial charge in [-0.1, -0.05) is 0 Å². The maximum Gasteiger partial charge on any atom is 0.272 e. The van der Waals surface area contributed by atoms with E-state index in [4.69, 9.17) is 4.74 Å². The summed E-state index contributed by atoms with van der Waals surface area (Å²) in [6, 6.07) is 6.96. The van der Waals surface area contributed by atoms with Crippen LogP contribution in [0.25, 0.3) is 5.52 Å². The lowest BCUT2D eigenvalue weighted by molar-refractivity contribution is -0.385. The third kappa shape index (κ3) is 2.86. The van der Waals surface area contributed by atoms with E-state index in [9.17, 15) is 14.5 Å². The van der Waals surface area contributed by atoms with Crippen LogP contribution in [-0.4, -0.2) is 27.6 Å². The van der Waals surface area contributed by atoms with E-state index in [2.05, 4.69) is 10.00 Å². The summed E-state index contributed by atoms with van der Waals surface area (Å²) in [5.74, 6) is -0.389. The first-order valence-corrected chi connectivity index (χ1v) is 7.96. The number of rotatable bonds is 4. The number of halogens is 1. The van der Waals surface area contributed by atoms with Gasteiger partial charge in [-0.2, -0.15) is 5.10 Å². The van der Waals surface area contributed by atoms with Crippen LogP contribution in [0.3, 0.4) is 0 Å². The van der Waals surface area contributed by atoms with Gasteiger partial charge in [0.25, 0.3) is 5.69 Å². The summed E-state index contributed by atoms with van der Waals surface area (Å²) in [6.07, 6.45) is 5.82. The molecule has 1 aromatic carbocycles. The predicted octanol–water partition coefficient (Wildman–Crippen LogP) is 3.77. The molecule has 3 heterocycles. The number of anilines is 1. The standard InChI is InChI=1S/C17H15FN4O3/c18-14-9-12(22(23)24)3-4-16(14)25-17-10-13(20-7-1-2-8-20)11-21-15(17)5-6-19-21/h3-6,9-11H,1-2,7-8H2. The summed E-state index contributed by atoms with van der Waals surface area (Å²) in [5.41, 5.74) is 1.33. The van der Waals surface area contributed by atoms with Gasteiger partial charge in [-0.3, -0.25) is 10.1 Å². The van der Waals surface area contributed by atoms with E-state index in [1.54, 1.807) is 16.8 Å². The maximum absolute atomic E-state index is 14.2. The molecule has 1 saturated heterocycles. The largest absolute Gasteiger partial charge is 0.452 e. The minimum atomic E-state index is -0.779. The maximum atomic E-state index is 14.2. The van der Waals surface area contributed by atoms with Gasteiger partial charge in [-0.05, 0) is 25.0 Å². The molecule has 0 saturated carbocycles. The van der Waals surface area contributed by atoms with Crippen LogP contribution in [-0.2, 0) is 0 Å². The molecule has 0 N–H and O–H groups in total. The summed E-state index contributed by atoms with van der Waals surface area (Å²) in [5, 5.41) is 15.0. The third-order valence-electron chi connectivity index (χ3n) is 4.27. The molecule has 4 rings (SSSR count). The van der Waals surface area contributed by atoms with Crippen molar-refractivity contribution in [2.45, 2.75) is 12.8 Å². The van der Waals surface area contributed by atoms with Crippen LogP contribution in [0.4, 0.5) is 15.8 Å². The number of hydrogen-bond acceptors (Lipinski definition) is 5. The van der Waals surface area contributed by atoms with Crippen LogP contribution in [0.5, 0.6) is 11.5 Å². The minimum Gasteiger partial charge on any atom is -0.452 e. The van der Waals surface area contributed by atoms with Crippen molar-refractivity contribution >= 4 is 16.9 Å². The van der Waals surface area contributed by atoms with Gasteiger partial charge in [0.1, 0.15) is 5.52 Å². The molecule has 2 aromatic heterocycles. The van der Waals surface area contributed by atoms with E-state index in [1.165, 1.54) is 12.1 Å². The summed E-state index contributed by atoms with van der Waals surface area (Å²) < 4.78 is 21.6. The predicted molar refractivity (Wildman–Crippen MR) is 89.8 cm³/mol. The Hall–Kier alpha value is -3.16. The third-order valence-corrected chi connectivity index (χ3v) is 4.27. The van der Waals surface area contributed by atoms with E-state index < -0.39 is 10.7 Å². The van der Waals surface area contributed by atoms with E-state index in [0.717, 1.165) is 37.7 Å². The molecule has 0 atom stereocenters. The fourth-order valence-electron chi connectivity index (χ4n) is 3.02. The lowest BCUT2D eigenvalue weighted by Gasteiger charge is -2.19. The van der Waals surface area contributed by atoms with Crippen LogP contribution in [0.15, 0.2) is 42.7 Å². The zero-order valence-corrected chi connectivity index (χ0v) is 13.3. The number of pyridine rings is 1. The molecule has 0 spiro atoms. The number of nitrogens with zero attached hydrogens (tertiary/aromatic N) is 4. The van der Waals surface area contributed by atoms with Gasteiger partial charge in [0, 0.05) is 25.2 Å². The molecule has 3 aromatic rings. The van der Waals surface area contributed by atoms with Gasteiger partial charge >= 0.3 is 0 Å². The average Bonchev–Trinajstić information content (AvgIpc) is 3.27. The summed E-state index contributed by atoms with van der Waals surface area (Å²) >= 11 is 0. The zero-order chi connectivity index (χ0) is 17.4. The highest BCUT2D eigenvalue weighted by atomic mass is 19.1. The molecular formula is C17H15FN4O3. The van der Waals surface area contributed by atoms with Crippen molar-refractivity contribution in [3.8, 4) is 11.5 Å². The number of nitro benzene ring substituents is 1. The Balaban J connectivity index is 1.73. The number of ether oxygens (including phenoxy) is 1. The highest BCUT2D eigenvalue weighted by molar-refractivity contribution is 5.66. The van der Waals surface area contributed by atoms with Gasteiger partial charge in [-0.25, -0.2) is 8.91 Å². The Labute approximate surface area is 142 Å². The first kappa shape index (κ1) is 15.4. The number of non-ortho nitro benzene ring substituents is 1. The molecule has 0 aliphatic carbocycles. The van der Waals surface area contributed by atoms with E-state index >= 15 is 0 Å². The van der Waals surface area contributed by atoms with Gasteiger partial charge in [-0.15, -0.1) is 0 Å². The van der Waals surface area contributed by atoms with Crippen molar-refractivity contribution in [2.24, 2.45) is 0 Å². The average molecular weight is 342 g/mol. The van der Waals surface area contributed by atoms with E-state index in [-0.39, 0.29) is 11.4 Å². The van der Waals surface area contributed by atoms with Gasteiger partial charge in [0.15, 0.2) is 17.3 Å². The van der Waals surface area contributed by atoms with Crippen LogP contribution in [0.1, 0.15) is 12.8 Å². The normalized spacial score (nSPS) is 14.2. The Morgan fingerprint density at radius 1 is 1.16 bits per heavy atom. The van der Waals surface area contributed by atoms with Crippen molar-refractivity contribution < 1.29 is 14.1 Å². The summed E-state index contributed by atoms with van der Waals surface area (Å²) in [4.78, 5) is 12.3. The van der Waals surface area contributed by atoms with Crippen molar-refractivity contribution in [1.29, 1.82) is 0 Å². The fourth-order valence-corrected chi connectivity index (χ4v) is 3.02. The topological polar surface area (TPSA) is 72.9 Å². The van der Waals surface area contributed by atoms with Crippen LogP contribution < -0.4 is 9.64 Å². The van der Waals surface area contributed by atoms with Gasteiger partial charge in [0.05, 0.1) is 29.1 Å². The molecule has 1 fully saturated rings. The van der Waals surface area contributed by atoms with Crippen LogP contribution in [0, 0.1) is 15.9 Å². The number of benzene rings is 1. The first-order valence-electron chi connectivity index (χ1n) is 7.96. The van der Waals surface area contributed by atoms with Crippen molar-refractivity contribution in [3.63, 3.8) is 0 Å². The molecule has 1 aliphatic heterocycles. The SMILES string of the molecule is O=[N+]([O-])c1ccc(Oc2cc(N3CCCC3)cn3nccc23)c(F)c1. The number of nitro groups is 1. The monoisotopic (exact) mass is 342 g/mol. The fraction of sp³-hybridized carbons (Fsp3) is 0.235. The molecule has 0 bridgehead atoms. The Bertz CT molecular complexity index is 950. The molecule has 128 valence electrons. The molecule has 25 heavy (non-hydrogen) atoms. The minimum absolute atomic E-state index is 0.0627. The number of fused-ring (bicyclic) bond motifs is 1. The quantitative estimate of drug-likeness (QED) is 0.533. The van der Waals surface area contributed by atoms with Gasteiger partial charge in [0.2, 0.25) is 0 Å². The Morgan fingerprint density at radius 3 is 2.68 bits per heavy atom. The molecule has 1 aliphatic rings. The smallest absolute Gasteiger partial charge is 0.272 e. The highest BCUT2D eigenvalue weighted by Crippen LogP contribution is 2.33. The lowest BCUT2D eigenvalue weighted by Crippen LogP contribution is -2.18. The summed E-state index contributed by atoms with van der Waals surface area (Å²) in [7, 11) is 0. The van der Waals surface area contributed by atoms with Crippen LogP contribution >= 0.6 is 0 Å². The van der Waals surface area contributed by atoms with Crippen molar-refractivity contribution in [2.75, 3.05) is 18.0 Å². The zero-order valence-electron chi connectivity index (χ0n) is 13.3. The molecular weight excluding hydrogens is 327 g/mol. The van der Waals surface area contributed by atoms with Gasteiger partial charge < -0.3 is 9.64 Å². The molecule has 0 amide bonds. The second kappa shape index (κ2) is 6.04. The number of aromatic nitrogens is 2. The molecule has 8 heteroatoms. The molecule has 0 unspecified atom stereocenters. The highest BCUT2D eigenvalue weighted by Gasteiger charge is 2.18.